The lowest BCUT2D eigenvalue weighted by Gasteiger charge is -2.41. The van der Waals surface area contributed by atoms with Crippen LogP contribution in [0.15, 0.2) is 10.7 Å². The molecule has 2 rings (SSSR count). The Morgan fingerprint density at radius 3 is 2.74 bits per heavy atom. The Bertz CT molecular complexity index is 789. The van der Waals surface area contributed by atoms with Gasteiger partial charge < -0.3 is 19.6 Å². The summed E-state index contributed by atoms with van der Waals surface area (Å²) in [6.07, 6.45) is 0.543. The first-order valence-electron chi connectivity index (χ1n) is 8.17. The molecular weight excluding hydrogens is 422 g/mol. The van der Waals surface area contributed by atoms with Crippen molar-refractivity contribution in [1.29, 1.82) is 5.26 Å². The molecule has 1 saturated heterocycles. The van der Waals surface area contributed by atoms with Gasteiger partial charge >= 0.3 is 11.8 Å². The Morgan fingerprint density at radius 2 is 2.22 bits per heavy atom. The third-order valence-corrected chi connectivity index (χ3v) is 4.66. The lowest BCUT2D eigenvalue weighted by molar-refractivity contribution is -0.385. The van der Waals surface area contributed by atoms with Gasteiger partial charge in [-0.05, 0) is 36.7 Å². The molecule has 1 N–H and O–H groups in total. The van der Waals surface area contributed by atoms with Crippen molar-refractivity contribution in [2.24, 2.45) is 0 Å². The van der Waals surface area contributed by atoms with Gasteiger partial charge in [0.25, 0.3) is 0 Å². The number of nitrogens with zero attached hydrogens (tertiary/aromatic N) is 5. The second kappa shape index (κ2) is 8.06. The molecule has 146 valence electrons. The van der Waals surface area contributed by atoms with Gasteiger partial charge in [-0.3, -0.25) is 10.1 Å². The van der Waals surface area contributed by atoms with E-state index in [0.717, 1.165) is 6.20 Å². The minimum Gasteiger partial charge on any atom is -0.444 e. The van der Waals surface area contributed by atoms with Crippen molar-refractivity contribution < 1.29 is 19.6 Å². The molecule has 1 fully saturated rings. The van der Waals surface area contributed by atoms with E-state index in [9.17, 15) is 25.3 Å². The summed E-state index contributed by atoms with van der Waals surface area (Å²) in [6.45, 7) is 5.87. The summed E-state index contributed by atoms with van der Waals surface area (Å²) in [4.78, 5) is 30.0. The maximum Gasteiger partial charge on any atom is 0.410 e. The number of aromatic nitrogens is 1. The number of hydrogen-bond acceptors (Lipinski definition) is 8. The van der Waals surface area contributed by atoms with Crippen LogP contribution in [-0.2, 0) is 4.74 Å². The van der Waals surface area contributed by atoms with Crippen LogP contribution in [0.1, 0.15) is 26.3 Å². The zero-order valence-corrected chi connectivity index (χ0v) is 16.8. The molecule has 11 heteroatoms. The molecule has 2 heterocycles. The fourth-order valence-electron chi connectivity index (χ4n) is 2.70. The van der Waals surface area contributed by atoms with Gasteiger partial charge in [-0.1, -0.05) is 0 Å². The number of halogens is 1. The summed E-state index contributed by atoms with van der Waals surface area (Å²) in [5, 5.41) is 30.1. The third-order valence-electron chi connectivity index (χ3n) is 3.91. The molecule has 1 aliphatic rings. The van der Waals surface area contributed by atoms with E-state index in [1.54, 1.807) is 25.7 Å². The van der Waals surface area contributed by atoms with Gasteiger partial charge in [0.1, 0.15) is 29.2 Å². The molecule has 0 bridgehead atoms. The Morgan fingerprint density at radius 1 is 1.56 bits per heavy atom. The molecular formula is C16H20BrN5O5. The van der Waals surface area contributed by atoms with E-state index in [0.29, 0.717) is 18.9 Å². The predicted molar refractivity (Wildman–Crippen MR) is 99.3 cm³/mol. The molecule has 1 aromatic rings. The van der Waals surface area contributed by atoms with Gasteiger partial charge in [0.15, 0.2) is 0 Å². The number of nitriles is 1. The van der Waals surface area contributed by atoms with Crippen LogP contribution in [0.5, 0.6) is 0 Å². The minimum absolute atomic E-state index is 0.142. The molecule has 1 aromatic heterocycles. The molecule has 0 spiro atoms. The second-order valence-corrected chi connectivity index (χ2v) is 7.77. The fourth-order valence-corrected chi connectivity index (χ4v) is 3.32. The van der Waals surface area contributed by atoms with Crippen LogP contribution >= 0.6 is 15.9 Å². The molecule has 0 unspecified atom stereocenters. The Hall–Kier alpha value is -2.45. The van der Waals surface area contributed by atoms with Crippen LogP contribution in [0.4, 0.5) is 16.3 Å². The number of anilines is 1. The van der Waals surface area contributed by atoms with E-state index >= 15 is 0 Å². The highest BCUT2D eigenvalue weighted by molar-refractivity contribution is 9.10. The average Bonchev–Trinajstić information content (AvgIpc) is 2.59. The summed E-state index contributed by atoms with van der Waals surface area (Å²) in [6, 6.07) is 1.31. The highest BCUT2D eigenvalue weighted by atomic mass is 79.9. The van der Waals surface area contributed by atoms with Crippen molar-refractivity contribution in [1.82, 2.24) is 9.88 Å². The number of rotatable bonds is 3. The van der Waals surface area contributed by atoms with E-state index in [1.165, 1.54) is 4.90 Å². The highest BCUT2D eigenvalue weighted by Crippen LogP contribution is 2.34. The normalized spacial score (nSPS) is 17.4. The fraction of sp³-hybridized carbons (Fsp3) is 0.562. The van der Waals surface area contributed by atoms with Crippen molar-refractivity contribution in [3.8, 4) is 6.07 Å². The van der Waals surface area contributed by atoms with Crippen molar-refractivity contribution in [2.75, 3.05) is 31.1 Å². The monoisotopic (exact) mass is 441 g/mol. The van der Waals surface area contributed by atoms with E-state index < -0.39 is 28.3 Å². The van der Waals surface area contributed by atoms with Gasteiger partial charge in [0.05, 0.1) is 22.0 Å². The van der Waals surface area contributed by atoms with Crippen LogP contribution in [0.2, 0.25) is 0 Å². The van der Waals surface area contributed by atoms with E-state index in [1.807, 2.05) is 6.07 Å². The average molecular weight is 442 g/mol. The summed E-state index contributed by atoms with van der Waals surface area (Å²) in [7, 11) is 0. The number of piperazine rings is 1. The second-order valence-electron chi connectivity index (χ2n) is 6.98. The van der Waals surface area contributed by atoms with Crippen molar-refractivity contribution >= 4 is 33.5 Å². The summed E-state index contributed by atoms with van der Waals surface area (Å²) < 4.78 is 5.54. The van der Waals surface area contributed by atoms with E-state index in [-0.39, 0.29) is 23.2 Å². The molecule has 1 amide bonds. The smallest absolute Gasteiger partial charge is 0.410 e. The molecule has 0 radical (unpaired) electrons. The lowest BCUT2D eigenvalue weighted by Crippen LogP contribution is -2.57. The first-order valence-corrected chi connectivity index (χ1v) is 8.96. The number of aliphatic hydroxyl groups excluding tert-OH is 1. The van der Waals surface area contributed by atoms with Crippen molar-refractivity contribution in [3.05, 3.63) is 26.3 Å². The molecule has 1 aliphatic heterocycles. The topological polar surface area (TPSA) is 133 Å². The highest BCUT2D eigenvalue weighted by Gasteiger charge is 2.34. The Labute approximate surface area is 164 Å². The van der Waals surface area contributed by atoms with Crippen LogP contribution < -0.4 is 4.90 Å². The lowest BCUT2D eigenvalue weighted by atomic mass is 10.1. The summed E-state index contributed by atoms with van der Waals surface area (Å²) in [5.41, 5.74) is -1.18. The number of hydrogen-bond donors (Lipinski definition) is 1. The Balaban J connectivity index is 2.27. The number of carbonyl (C=O) groups is 1. The van der Waals surface area contributed by atoms with E-state index in [4.69, 9.17) is 4.74 Å². The molecule has 0 aliphatic carbocycles. The number of aliphatic hydroxyl groups is 1. The quantitative estimate of drug-likeness (QED) is 0.556. The van der Waals surface area contributed by atoms with Gasteiger partial charge in [0.2, 0.25) is 0 Å². The minimum atomic E-state index is -0.677. The van der Waals surface area contributed by atoms with Crippen LogP contribution in [0.25, 0.3) is 0 Å². The molecule has 27 heavy (non-hydrogen) atoms. The number of carbonyl (C=O) groups excluding carboxylic acids is 1. The first kappa shape index (κ1) is 20.9. The van der Waals surface area contributed by atoms with Crippen LogP contribution in [-0.4, -0.2) is 63.9 Å². The van der Waals surface area contributed by atoms with E-state index in [2.05, 4.69) is 20.9 Å². The summed E-state index contributed by atoms with van der Waals surface area (Å²) in [5.74, 6) is 0.306. The SMILES string of the molecule is CC(C)(C)OC(=O)N1CCN(c2ncc([N+](=O)[O-])c(C#N)c2Br)[C@@H](CO)C1. The molecule has 10 nitrogen and oxygen atoms in total. The number of nitro groups is 1. The zero-order valence-electron chi connectivity index (χ0n) is 15.2. The van der Waals surface area contributed by atoms with Gasteiger partial charge in [-0.25, -0.2) is 9.78 Å². The van der Waals surface area contributed by atoms with Crippen molar-refractivity contribution in [2.45, 2.75) is 32.4 Å². The third kappa shape index (κ3) is 4.64. The van der Waals surface area contributed by atoms with Gasteiger partial charge in [0, 0.05) is 19.6 Å². The molecule has 1 atom stereocenters. The molecule has 0 saturated carbocycles. The number of amides is 1. The maximum atomic E-state index is 12.3. The van der Waals surface area contributed by atoms with Crippen LogP contribution in [0.3, 0.4) is 0 Å². The number of pyridine rings is 1. The van der Waals surface area contributed by atoms with Crippen molar-refractivity contribution in [3.63, 3.8) is 0 Å². The van der Waals surface area contributed by atoms with Crippen LogP contribution in [0, 0.1) is 21.4 Å². The van der Waals surface area contributed by atoms with Gasteiger partial charge in [-0.15, -0.1) is 0 Å². The molecule has 0 aromatic carbocycles. The predicted octanol–water partition coefficient (Wildman–Crippen LogP) is 2.04. The first-order chi connectivity index (χ1) is 12.6. The largest absolute Gasteiger partial charge is 0.444 e. The summed E-state index contributed by atoms with van der Waals surface area (Å²) >= 11 is 3.22. The van der Waals surface area contributed by atoms with Gasteiger partial charge in [-0.2, -0.15) is 5.26 Å². The standard InChI is InChI=1S/C16H20BrN5O5/c1-16(2,3)27-15(24)20-4-5-21(10(8-20)9-23)14-13(17)11(6-18)12(7-19-14)22(25)26/h7,10,23H,4-5,8-9H2,1-3H3/t10-/m1/s1. The maximum absolute atomic E-state index is 12.3. The zero-order chi connectivity index (χ0) is 20.4. The number of ether oxygens (including phenoxy) is 1. The Kier molecular flexibility index (Phi) is 6.22.